The van der Waals surface area contributed by atoms with Crippen LogP contribution in [-0.4, -0.2) is 12.1 Å². The predicted octanol–water partition coefficient (Wildman–Crippen LogP) is 2.13. The zero-order chi connectivity index (χ0) is 9.97. The molecule has 0 aliphatic rings. The van der Waals surface area contributed by atoms with Gasteiger partial charge in [0.25, 0.3) is 0 Å². The molecule has 3 heteroatoms. The molecule has 0 radical (unpaired) electrons. The van der Waals surface area contributed by atoms with E-state index in [1.807, 2.05) is 0 Å². The lowest BCUT2D eigenvalue weighted by Gasteiger charge is -1.96. The first kappa shape index (κ1) is 9.24. The molecule has 0 bridgehead atoms. The Hall–Kier alpha value is -1.32. The number of aryl methyl sites for hydroxylation is 1. The summed E-state index contributed by atoms with van der Waals surface area (Å²) in [7, 11) is 1.62. The molecule has 2 N–H and O–H groups in total. The van der Waals surface area contributed by atoms with Crippen LogP contribution < -0.4 is 5.48 Å². The smallest absolute Gasteiger partial charge is 0.0611 e. The Balaban J connectivity index is 2.36. The van der Waals surface area contributed by atoms with Gasteiger partial charge in [-0.15, -0.1) is 0 Å². The number of rotatable bonds is 3. The number of nitrogens with one attached hydrogen (secondary N) is 2. The van der Waals surface area contributed by atoms with Crippen molar-refractivity contribution in [3.63, 3.8) is 0 Å². The zero-order valence-corrected chi connectivity index (χ0v) is 8.42. The molecule has 0 unspecified atom stereocenters. The van der Waals surface area contributed by atoms with Crippen LogP contribution in [0, 0.1) is 6.92 Å². The minimum atomic E-state index is 0.699. The van der Waals surface area contributed by atoms with Crippen LogP contribution >= 0.6 is 0 Å². The summed E-state index contributed by atoms with van der Waals surface area (Å²) in [4.78, 5) is 8.13. The minimum absolute atomic E-state index is 0.699. The quantitative estimate of drug-likeness (QED) is 0.727. The molecule has 0 aliphatic carbocycles. The number of aromatic amines is 1. The minimum Gasteiger partial charge on any atom is -0.357 e. The van der Waals surface area contributed by atoms with Crippen molar-refractivity contribution in [3.05, 3.63) is 35.5 Å². The standard InChI is InChI=1S/C11H14N2O/c1-8-4-3-5-11-10(8)6-9(13-11)7-12-14-2/h3-6,12-13H,7H2,1-2H3. The van der Waals surface area contributed by atoms with Gasteiger partial charge in [-0.2, -0.15) is 5.48 Å². The van der Waals surface area contributed by atoms with Gasteiger partial charge in [0.15, 0.2) is 0 Å². The van der Waals surface area contributed by atoms with Crippen LogP contribution in [0.2, 0.25) is 0 Å². The molecule has 0 saturated carbocycles. The van der Waals surface area contributed by atoms with E-state index < -0.39 is 0 Å². The van der Waals surface area contributed by atoms with Gasteiger partial charge in [-0.3, -0.25) is 0 Å². The van der Waals surface area contributed by atoms with Gasteiger partial charge in [0.05, 0.1) is 13.7 Å². The van der Waals surface area contributed by atoms with E-state index in [1.54, 1.807) is 7.11 Å². The van der Waals surface area contributed by atoms with Crippen molar-refractivity contribution < 1.29 is 4.84 Å². The summed E-state index contributed by atoms with van der Waals surface area (Å²) in [5.41, 5.74) is 6.42. The van der Waals surface area contributed by atoms with Crippen molar-refractivity contribution >= 4 is 10.9 Å². The summed E-state index contributed by atoms with van der Waals surface area (Å²) in [6.07, 6.45) is 0. The number of fused-ring (bicyclic) bond motifs is 1. The third-order valence-corrected chi connectivity index (χ3v) is 2.34. The summed E-state index contributed by atoms with van der Waals surface area (Å²) in [5.74, 6) is 0. The van der Waals surface area contributed by atoms with Crippen LogP contribution in [0.3, 0.4) is 0 Å². The normalized spacial score (nSPS) is 11.0. The lowest BCUT2D eigenvalue weighted by molar-refractivity contribution is 0.0860. The maximum absolute atomic E-state index is 4.80. The van der Waals surface area contributed by atoms with E-state index in [0.717, 1.165) is 5.69 Å². The van der Waals surface area contributed by atoms with Crippen LogP contribution in [0.1, 0.15) is 11.3 Å². The fourth-order valence-electron chi connectivity index (χ4n) is 1.61. The topological polar surface area (TPSA) is 37.0 Å². The summed E-state index contributed by atoms with van der Waals surface area (Å²) in [6, 6.07) is 8.40. The second-order valence-corrected chi connectivity index (χ2v) is 3.36. The van der Waals surface area contributed by atoms with Crippen LogP contribution in [0.5, 0.6) is 0 Å². The third kappa shape index (κ3) is 1.64. The van der Waals surface area contributed by atoms with E-state index in [9.17, 15) is 0 Å². The van der Waals surface area contributed by atoms with Crippen LogP contribution in [0.25, 0.3) is 10.9 Å². The van der Waals surface area contributed by atoms with Gasteiger partial charge in [0.2, 0.25) is 0 Å². The van der Waals surface area contributed by atoms with Gasteiger partial charge in [0, 0.05) is 16.6 Å². The van der Waals surface area contributed by atoms with Crippen LogP contribution in [0.15, 0.2) is 24.3 Å². The average molecular weight is 190 g/mol. The number of hydrogen-bond donors (Lipinski definition) is 2. The first-order valence-corrected chi connectivity index (χ1v) is 4.64. The summed E-state index contributed by atoms with van der Waals surface area (Å²) < 4.78 is 0. The molecule has 0 fully saturated rings. The number of H-pyrrole nitrogens is 1. The van der Waals surface area contributed by atoms with E-state index in [1.165, 1.54) is 16.5 Å². The molecule has 0 atom stereocenters. The van der Waals surface area contributed by atoms with Crippen LogP contribution in [-0.2, 0) is 11.4 Å². The Kier molecular flexibility index (Phi) is 2.52. The van der Waals surface area contributed by atoms with Crippen molar-refractivity contribution in [2.75, 3.05) is 7.11 Å². The van der Waals surface area contributed by atoms with E-state index in [-0.39, 0.29) is 0 Å². The number of hydroxylamine groups is 1. The Morgan fingerprint density at radius 3 is 3.00 bits per heavy atom. The number of benzene rings is 1. The van der Waals surface area contributed by atoms with E-state index in [2.05, 4.69) is 41.7 Å². The molecular weight excluding hydrogens is 176 g/mol. The first-order valence-electron chi connectivity index (χ1n) is 4.64. The molecule has 0 spiro atoms. The second-order valence-electron chi connectivity index (χ2n) is 3.36. The lowest BCUT2D eigenvalue weighted by atomic mass is 10.1. The van der Waals surface area contributed by atoms with Crippen LogP contribution in [0.4, 0.5) is 0 Å². The Bertz CT molecular complexity index is 434. The molecule has 14 heavy (non-hydrogen) atoms. The first-order chi connectivity index (χ1) is 6.81. The van der Waals surface area contributed by atoms with Gasteiger partial charge in [-0.25, -0.2) is 0 Å². The number of hydrogen-bond acceptors (Lipinski definition) is 2. The Morgan fingerprint density at radius 1 is 1.43 bits per heavy atom. The third-order valence-electron chi connectivity index (χ3n) is 2.34. The second kappa shape index (κ2) is 3.82. The van der Waals surface area contributed by atoms with Gasteiger partial charge in [-0.1, -0.05) is 12.1 Å². The molecule has 0 aliphatic heterocycles. The van der Waals surface area contributed by atoms with Gasteiger partial charge < -0.3 is 9.82 Å². The van der Waals surface area contributed by atoms with Crippen molar-refractivity contribution in [1.82, 2.24) is 10.5 Å². The average Bonchev–Trinajstić information content (AvgIpc) is 2.59. The largest absolute Gasteiger partial charge is 0.357 e. The maximum atomic E-state index is 4.80. The molecule has 74 valence electrons. The maximum Gasteiger partial charge on any atom is 0.0611 e. The van der Waals surface area contributed by atoms with Crippen molar-refractivity contribution in [2.45, 2.75) is 13.5 Å². The highest BCUT2D eigenvalue weighted by Gasteiger charge is 2.01. The highest BCUT2D eigenvalue weighted by molar-refractivity contribution is 5.83. The lowest BCUT2D eigenvalue weighted by Crippen LogP contribution is -2.10. The molecule has 1 heterocycles. The summed E-state index contributed by atoms with van der Waals surface area (Å²) >= 11 is 0. The monoisotopic (exact) mass is 190 g/mol. The SMILES string of the molecule is CONCc1cc2c(C)cccc2[nH]1. The molecular formula is C11H14N2O. The Morgan fingerprint density at radius 2 is 2.29 bits per heavy atom. The van der Waals surface area contributed by atoms with Gasteiger partial charge in [-0.05, 0) is 24.6 Å². The highest BCUT2D eigenvalue weighted by Crippen LogP contribution is 2.18. The van der Waals surface area contributed by atoms with Crippen molar-refractivity contribution in [3.8, 4) is 0 Å². The zero-order valence-electron chi connectivity index (χ0n) is 8.42. The Labute approximate surface area is 83.0 Å². The summed E-state index contributed by atoms with van der Waals surface area (Å²) in [5, 5.41) is 1.28. The molecule has 2 aromatic rings. The molecule has 1 aromatic heterocycles. The predicted molar refractivity (Wildman–Crippen MR) is 56.9 cm³/mol. The van der Waals surface area contributed by atoms with E-state index in [0.29, 0.717) is 6.54 Å². The number of aromatic nitrogens is 1. The van der Waals surface area contributed by atoms with E-state index in [4.69, 9.17) is 4.84 Å². The molecule has 3 nitrogen and oxygen atoms in total. The molecule has 1 aromatic carbocycles. The molecule has 2 rings (SSSR count). The van der Waals surface area contributed by atoms with Crippen molar-refractivity contribution in [2.24, 2.45) is 0 Å². The molecule has 0 amide bonds. The van der Waals surface area contributed by atoms with E-state index >= 15 is 0 Å². The van der Waals surface area contributed by atoms with Gasteiger partial charge in [0.1, 0.15) is 0 Å². The highest BCUT2D eigenvalue weighted by atomic mass is 16.6. The fraction of sp³-hybridized carbons (Fsp3) is 0.273. The van der Waals surface area contributed by atoms with Crippen molar-refractivity contribution in [1.29, 1.82) is 0 Å². The summed E-state index contributed by atoms with van der Waals surface area (Å²) in [6.45, 7) is 2.81. The molecule has 0 saturated heterocycles. The van der Waals surface area contributed by atoms with Gasteiger partial charge >= 0.3 is 0 Å². The fourth-order valence-corrected chi connectivity index (χ4v) is 1.61.